The van der Waals surface area contributed by atoms with Crippen molar-refractivity contribution < 1.29 is 9.90 Å². The topological polar surface area (TPSA) is 49.7 Å². The van der Waals surface area contributed by atoms with Crippen LogP contribution < -0.4 is 0 Å². The molecule has 0 fully saturated rings. The average Bonchev–Trinajstić information content (AvgIpc) is 2.35. The van der Waals surface area contributed by atoms with Crippen LogP contribution in [-0.2, 0) is 4.79 Å². The SMILES string of the molecule is C/C(=C\C=C(/C)N=CC1=C(O)CCCC1=O)CBr. The van der Waals surface area contributed by atoms with E-state index in [2.05, 4.69) is 20.9 Å². The zero-order chi connectivity index (χ0) is 13.5. The third-order valence-corrected chi connectivity index (χ3v) is 3.53. The van der Waals surface area contributed by atoms with Crippen molar-refractivity contribution in [1.29, 1.82) is 0 Å². The number of aliphatic hydroxyl groups excluding tert-OH is 1. The number of carbonyl (C=O) groups excluding carboxylic acids is 1. The molecule has 0 aromatic carbocycles. The largest absolute Gasteiger partial charge is 0.512 e. The Labute approximate surface area is 116 Å². The van der Waals surface area contributed by atoms with Crippen LogP contribution in [0.15, 0.2) is 39.7 Å². The minimum absolute atomic E-state index is 0.0255. The lowest BCUT2D eigenvalue weighted by atomic mass is 9.97. The van der Waals surface area contributed by atoms with Crippen LogP contribution in [0.5, 0.6) is 0 Å². The Hall–Kier alpha value is -1.16. The predicted octanol–water partition coefficient (Wildman–Crippen LogP) is 3.87. The van der Waals surface area contributed by atoms with Gasteiger partial charge in [-0.1, -0.05) is 27.6 Å². The third-order valence-electron chi connectivity index (χ3n) is 2.65. The van der Waals surface area contributed by atoms with E-state index in [1.54, 1.807) is 0 Å². The summed E-state index contributed by atoms with van der Waals surface area (Å²) in [5.41, 5.74) is 2.35. The van der Waals surface area contributed by atoms with Gasteiger partial charge in [-0.3, -0.25) is 9.79 Å². The molecule has 0 saturated carbocycles. The van der Waals surface area contributed by atoms with Crippen LogP contribution in [-0.4, -0.2) is 22.4 Å². The Morgan fingerprint density at radius 2 is 2.11 bits per heavy atom. The van der Waals surface area contributed by atoms with Crippen molar-refractivity contribution in [3.8, 4) is 0 Å². The molecule has 18 heavy (non-hydrogen) atoms. The average molecular weight is 312 g/mol. The first-order chi connectivity index (χ1) is 8.54. The first-order valence-electron chi connectivity index (χ1n) is 5.94. The van der Waals surface area contributed by atoms with Gasteiger partial charge < -0.3 is 5.11 Å². The van der Waals surface area contributed by atoms with Gasteiger partial charge in [0, 0.05) is 30.1 Å². The summed E-state index contributed by atoms with van der Waals surface area (Å²) in [4.78, 5) is 15.8. The Morgan fingerprint density at radius 3 is 2.72 bits per heavy atom. The maximum Gasteiger partial charge on any atom is 0.167 e. The molecule has 0 radical (unpaired) electrons. The number of nitrogens with zero attached hydrogens (tertiary/aromatic N) is 1. The van der Waals surface area contributed by atoms with Crippen LogP contribution in [0, 0.1) is 0 Å². The minimum atomic E-state index is -0.0255. The lowest BCUT2D eigenvalue weighted by Crippen LogP contribution is -2.12. The molecule has 1 aliphatic rings. The molecular formula is C14H18BrNO2. The van der Waals surface area contributed by atoms with E-state index in [1.165, 1.54) is 11.8 Å². The summed E-state index contributed by atoms with van der Waals surface area (Å²) in [6.45, 7) is 3.88. The van der Waals surface area contributed by atoms with Crippen molar-refractivity contribution in [1.82, 2.24) is 0 Å². The van der Waals surface area contributed by atoms with E-state index in [0.29, 0.717) is 18.4 Å². The second-order valence-electron chi connectivity index (χ2n) is 4.35. The molecule has 0 aliphatic heterocycles. The Kier molecular flexibility index (Phi) is 6.05. The number of Topliss-reactive ketones (excluding diaryl/α,β-unsaturated/α-hetero) is 1. The van der Waals surface area contributed by atoms with E-state index in [4.69, 9.17) is 0 Å². The fraction of sp³-hybridized carbons (Fsp3) is 0.429. The van der Waals surface area contributed by atoms with E-state index >= 15 is 0 Å². The fourth-order valence-corrected chi connectivity index (χ4v) is 1.70. The summed E-state index contributed by atoms with van der Waals surface area (Å²) < 4.78 is 0. The molecule has 0 unspecified atom stereocenters. The van der Waals surface area contributed by atoms with Crippen LogP contribution in [0.1, 0.15) is 33.1 Å². The first kappa shape index (κ1) is 14.9. The van der Waals surface area contributed by atoms with Crippen molar-refractivity contribution in [3.63, 3.8) is 0 Å². The van der Waals surface area contributed by atoms with Gasteiger partial charge in [-0.25, -0.2) is 0 Å². The molecule has 0 aromatic rings. The van der Waals surface area contributed by atoms with Gasteiger partial charge >= 0.3 is 0 Å². The van der Waals surface area contributed by atoms with Gasteiger partial charge in [-0.2, -0.15) is 0 Å². The summed E-state index contributed by atoms with van der Waals surface area (Å²) in [7, 11) is 0. The number of aliphatic imine (C=N–C) groups is 1. The van der Waals surface area contributed by atoms with Crippen molar-refractivity contribution in [2.24, 2.45) is 4.99 Å². The second-order valence-corrected chi connectivity index (χ2v) is 4.91. The van der Waals surface area contributed by atoms with Gasteiger partial charge in [0.25, 0.3) is 0 Å². The third kappa shape index (κ3) is 4.61. The molecule has 0 aromatic heterocycles. The molecule has 0 spiro atoms. The van der Waals surface area contributed by atoms with Crippen LogP contribution in [0.3, 0.4) is 0 Å². The van der Waals surface area contributed by atoms with E-state index in [-0.39, 0.29) is 11.5 Å². The molecule has 1 N–H and O–H groups in total. The maximum absolute atomic E-state index is 11.6. The van der Waals surface area contributed by atoms with E-state index in [0.717, 1.165) is 17.4 Å². The molecule has 0 bridgehead atoms. The number of rotatable bonds is 4. The first-order valence-corrected chi connectivity index (χ1v) is 7.06. The monoisotopic (exact) mass is 311 g/mol. The minimum Gasteiger partial charge on any atom is -0.512 e. The predicted molar refractivity (Wildman–Crippen MR) is 78.3 cm³/mol. The van der Waals surface area contributed by atoms with Gasteiger partial charge in [-0.05, 0) is 26.3 Å². The van der Waals surface area contributed by atoms with Gasteiger partial charge in [0.1, 0.15) is 5.76 Å². The molecule has 0 amide bonds. The molecule has 3 nitrogen and oxygen atoms in total. The van der Waals surface area contributed by atoms with E-state index in [1.807, 2.05) is 26.0 Å². The molecule has 0 heterocycles. The summed E-state index contributed by atoms with van der Waals surface area (Å²) in [5, 5.41) is 10.5. The van der Waals surface area contributed by atoms with E-state index in [9.17, 15) is 9.90 Å². The van der Waals surface area contributed by atoms with Gasteiger partial charge in [-0.15, -0.1) is 0 Å². The van der Waals surface area contributed by atoms with Crippen LogP contribution in [0.25, 0.3) is 0 Å². The van der Waals surface area contributed by atoms with Crippen molar-refractivity contribution in [2.75, 3.05) is 5.33 Å². The zero-order valence-electron chi connectivity index (χ0n) is 10.7. The number of hydrogen-bond donors (Lipinski definition) is 1. The number of ketones is 1. The highest BCUT2D eigenvalue weighted by molar-refractivity contribution is 9.09. The summed E-state index contributed by atoms with van der Waals surface area (Å²) in [5.74, 6) is 0.137. The van der Waals surface area contributed by atoms with Gasteiger partial charge in [0.05, 0.1) is 5.57 Å². The van der Waals surface area contributed by atoms with Gasteiger partial charge in [0.2, 0.25) is 0 Å². The highest BCUT2D eigenvalue weighted by atomic mass is 79.9. The standard InChI is InChI=1S/C14H18BrNO2/c1-10(8-15)6-7-11(2)16-9-12-13(17)4-3-5-14(12)18/h6-7,9,17H,3-5,8H2,1-2H3/b10-6+,11-7+,16-9?. The Balaban J connectivity index is 2.77. The van der Waals surface area contributed by atoms with Gasteiger partial charge in [0.15, 0.2) is 5.78 Å². The Bertz CT molecular complexity index is 445. The summed E-state index contributed by atoms with van der Waals surface area (Å²) in [6.07, 6.45) is 7.12. The lowest BCUT2D eigenvalue weighted by Gasteiger charge is -2.11. The summed E-state index contributed by atoms with van der Waals surface area (Å²) in [6, 6.07) is 0. The van der Waals surface area contributed by atoms with E-state index < -0.39 is 0 Å². The quantitative estimate of drug-likeness (QED) is 0.487. The number of halogens is 1. The highest BCUT2D eigenvalue weighted by Gasteiger charge is 2.18. The number of carbonyl (C=O) groups is 1. The summed E-state index contributed by atoms with van der Waals surface area (Å²) >= 11 is 3.36. The maximum atomic E-state index is 11.6. The molecule has 0 saturated heterocycles. The van der Waals surface area contributed by atoms with Crippen LogP contribution in [0.4, 0.5) is 0 Å². The second kappa shape index (κ2) is 7.31. The van der Waals surface area contributed by atoms with Crippen LogP contribution in [0.2, 0.25) is 0 Å². The number of alkyl halides is 1. The fourth-order valence-electron chi connectivity index (χ4n) is 1.51. The van der Waals surface area contributed by atoms with Crippen molar-refractivity contribution >= 4 is 27.9 Å². The zero-order valence-corrected chi connectivity index (χ0v) is 12.3. The smallest absolute Gasteiger partial charge is 0.167 e. The van der Waals surface area contributed by atoms with Crippen LogP contribution >= 0.6 is 15.9 Å². The molecular weight excluding hydrogens is 294 g/mol. The Morgan fingerprint density at radius 1 is 1.39 bits per heavy atom. The number of aliphatic hydroxyl groups is 1. The lowest BCUT2D eigenvalue weighted by molar-refractivity contribution is -0.115. The highest BCUT2D eigenvalue weighted by Crippen LogP contribution is 2.18. The van der Waals surface area contributed by atoms with Crippen molar-refractivity contribution in [3.05, 3.63) is 34.8 Å². The number of allylic oxidation sites excluding steroid dienone is 6. The molecule has 98 valence electrons. The number of hydrogen-bond acceptors (Lipinski definition) is 3. The van der Waals surface area contributed by atoms with Crippen molar-refractivity contribution in [2.45, 2.75) is 33.1 Å². The molecule has 1 aliphatic carbocycles. The normalized spacial score (nSPS) is 18.9. The molecule has 1 rings (SSSR count). The molecule has 4 heteroatoms. The molecule has 0 atom stereocenters.